The molecule has 0 fully saturated rings. The van der Waals surface area contributed by atoms with Gasteiger partial charge in [0.2, 0.25) is 10.0 Å². The summed E-state index contributed by atoms with van der Waals surface area (Å²) in [5, 5.41) is 2.89. The maximum atomic E-state index is 13.2. The van der Waals surface area contributed by atoms with E-state index in [0.29, 0.717) is 22.9 Å². The number of amides is 2. The topological polar surface area (TPSA) is 87.7 Å². The summed E-state index contributed by atoms with van der Waals surface area (Å²) in [5.41, 5.74) is 2.26. The molecule has 0 unspecified atom stereocenters. The average Bonchev–Trinajstić information content (AvgIpc) is 2.88. The maximum absolute atomic E-state index is 13.2. The van der Waals surface area contributed by atoms with E-state index in [1.807, 2.05) is 55.5 Å². The first-order valence-electron chi connectivity index (χ1n) is 11.4. The summed E-state index contributed by atoms with van der Waals surface area (Å²) in [7, 11) is -3.70. The highest BCUT2D eigenvalue weighted by Crippen LogP contribution is 2.25. The van der Waals surface area contributed by atoms with Crippen molar-refractivity contribution in [1.29, 1.82) is 0 Å². The van der Waals surface area contributed by atoms with Gasteiger partial charge in [0.25, 0.3) is 0 Å². The number of benzene rings is 4. The third-order valence-corrected chi connectivity index (χ3v) is 6.80. The number of urea groups is 1. The summed E-state index contributed by atoms with van der Waals surface area (Å²) in [6.45, 7) is 2.08. The second-order valence-corrected chi connectivity index (χ2v) is 9.84. The molecule has 4 aromatic carbocycles. The molecule has 36 heavy (non-hydrogen) atoms. The molecule has 0 aliphatic rings. The maximum Gasteiger partial charge on any atom is 0.326 e. The molecular formula is C28H27N3O4S. The van der Waals surface area contributed by atoms with Crippen LogP contribution in [0.25, 0.3) is 0 Å². The highest BCUT2D eigenvalue weighted by molar-refractivity contribution is 7.89. The molecule has 8 heteroatoms. The molecule has 0 saturated heterocycles. The first kappa shape index (κ1) is 25.0. The number of rotatable bonds is 9. The molecule has 0 aliphatic heterocycles. The van der Waals surface area contributed by atoms with Crippen molar-refractivity contribution in [3.63, 3.8) is 0 Å². The van der Waals surface area contributed by atoms with Crippen molar-refractivity contribution in [2.45, 2.75) is 11.8 Å². The Morgan fingerprint density at radius 1 is 0.806 bits per heavy atom. The van der Waals surface area contributed by atoms with Crippen LogP contribution in [0.2, 0.25) is 0 Å². The summed E-state index contributed by atoms with van der Waals surface area (Å²) in [6.07, 6.45) is 0. The molecule has 7 nitrogen and oxygen atoms in total. The number of nitrogens with one attached hydrogen (secondary N) is 2. The lowest BCUT2D eigenvalue weighted by Gasteiger charge is -2.24. The number of carbonyl (C=O) groups excluding carboxylic acids is 1. The number of para-hydroxylation sites is 1. The number of carbonyl (C=O) groups is 1. The number of hydrogen-bond acceptors (Lipinski definition) is 4. The van der Waals surface area contributed by atoms with Gasteiger partial charge in [-0.1, -0.05) is 48.5 Å². The lowest BCUT2D eigenvalue weighted by molar-refractivity contribution is 0.257. The van der Waals surface area contributed by atoms with Crippen molar-refractivity contribution in [2.75, 3.05) is 23.3 Å². The molecule has 0 heterocycles. The van der Waals surface area contributed by atoms with Gasteiger partial charge in [-0.2, -0.15) is 0 Å². The molecule has 4 rings (SSSR count). The summed E-state index contributed by atoms with van der Waals surface area (Å²) in [4.78, 5) is 14.9. The van der Waals surface area contributed by atoms with E-state index in [1.54, 1.807) is 48.5 Å². The van der Waals surface area contributed by atoms with Crippen LogP contribution in [0.3, 0.4) is 0 Å². The molecule has 4 aromatic rings. The summed E-state index contributed by atoms with van der Waals surface area (Å²) in [5.74, 6) is 1.32. The number of nitrogens with zero attached hydrogens (tertiary/aromatic N) is 1. The van der Waals surface area contributed by atoms with Crippen molar-refractivity contribution < 1.29 is 17.9 Å². The van der Waals surface area contributed by atoms with Crippen LogP contribution in [0, 0.1) is 6.92 Å². The molecule has 184 valence electrons. The fraction of sp³-hybridized carbons (Fsp3) is 0.107. The first-order chi connectivity index (χ1) is 17.4. The monoisotopic (exact) mass is 501 g/mol. The number of aryl methyl sites for hydroxylation is 1. The molecule has 0 spiro atoms. The van der Waals surface area contributed by atoms with Gasteiger partial charge in [0, 0.05) is 24.5 Å². The van der Waals surface area contributed by atoms with Crippen LogP contribution in [0.15, 0.2) is 114 Å². The Labute approximate surface area is 211 Å². The fourth-order valence-corrected chi connectivity index (χ4v) is 4.60. The molecule has 0 bridgehead atoms. The van der Waals surface area contributed by atoms with Crippen molar-refractivity contribution in [3.8, 4) is 11.5 Å². The summed E-state index contributed by atoms with van der Waals surface area (Å²) >= 11 is 0. The Hall–Kier alpha value is -4.14. The first-order valence-corrected chi connectivity index (χ1v) is 12.9. The van der Waals surface area contributed by atoms with E-state index in [4.69, 9.17) is 4.74 Å². The quantitative estimate of drug-likeness (QED) is 0.303. The molecular weight excluding hydrogens is 474 g/mol. The third kappa shape index (κ3) is 6.71. The van der Waals surface area contributed by atoms with Gasteiger partial charge in [-0.15, -0.1) is 0 Å². The highest BCUT2D eigenvalue weighted by atomic mass is 32.2. The number of ether oxygens (including phenoxy) is 1. The summed E-state index contributed by atoms with van der Waals surface area (Å²) in [6, 6.07) is 31.7. The van der Waals surface area contributed by atoms with Gasteiger partial charge in [0.1, 0.15) is 11.5 Å². The second kappa shape index (κ2) is 11.5. The molecule has 0 radical (unpaired) electrons. The predicted octanol–water partition coefficient (Wildman–Crippen LogP) is 5.80. The van der Waals surface area contributed by atoms with E-state index in [1.165, 1.54) is 17.0 Å². The van der Waals surface area contributed by atoms with Crippen LogP contribution in [0.1, 0.15) is 5.56 Å². The van der Waals surface area contributed by atoms with E-state index >= 15 is 0 Å². The zero-order valence-electron chi connectivity index (χ0n) is 19.8. The van der Waals surface area contributed by atoms with Gasteiger partial charge < -0.3 is 10.1 Å². The molecule has 0 aliphatic carbocycles. The minimum Gasteiger partial charge on any atom is -0.457 e. The smallest absolute Gasteiger partial charge is 0.326 e. The SMILES string of the molecule is Cc1cccc(NC(=O)N(CCNS(=O)(=O)c2ccccc2)c2ccc(Oc3ccccc3)cc2)c1. The lowest BCUT2D eigenvalue weighted by Crippen LogP contribution is -2.41. The van der Waals surface area contributed by atoms with Crippen LogP contribution in [-0.2, 0) is 10.0 Å². The van der Waals surface area contributed by atoms with Crippen molar-refractivity contribution in [1.82, 2.24) is 4.72 Å². The Morgan fingerprint density at radius 2 is 1.44 bits per heavy atom. The molecule has 2 N–H and O–H groups in total. The van der Waals surface area contributed by atoms with Crippen molar-refractivity contribution in [2.24, 2.45) is 0 Å². The van der Waals surface area contributed by atoms with E-state index in [-0.39, 0.29) is 24.0 Å². The van der Waals surface area contributed by atoms with Crippen LogP contribution in [-0.4, -0.2) is 27.5 Å². The average molecular weight is 502 g/mol. The number of sulfonamides is 1. The highest BCUT2D eigenvalue weighted by Gasteiger charge is 2.19. The van der Waals surface area contributed by atoms with Crippen LogP contribution in [0.5, 0.6) is 11.5 Å². The van der Waals surface area contributed by atoms with Gasteiger partial charge in [0.05, 0.1) is 4.90 Å². The largest absolute Gasteiger partial charge is 0.457 e. The standard InChI is InChI=1S/C28H27N3O4S/c1-22-9-8-10-23(21-22)30-28(32)31(20-19-29-36(33,34)27-13-6-3-7-14-27)24-15-17-26(18-16-24)35-25-11-4-2-5-12-25/h2-18,21,29H,19-20H2,1H3,(H,30,32). The third-order valence-electron chi connectivity index (χ3n) is 5.32. The van der Waals surface area contributed by atoms with Gasteiger partial charge >= 0.3 is 6.03 Å². The van der Waals surface area contributed by atoms with Crippen molar-refractivity contribution >= 4 is 27.4 Å². The van der Waals surface area contributed by atoms with Crippen LogP contribution < -0.4 is 19.7 Å². The minimum atomic E-state index is -3.70. The van der Waals surface area contributed by atoms with Crippen LogP contribution in [0.4, 0.5) is 16.2 Å². The molecule has 0 aromatic heterocycles. The van der Waals surface area contributed by atoms with E-state index < -0.39 is 10.0 Å². The van der Waals surface area contributed by atoms with Gasteiger partial charge in [-0.3, -0.25) is 4.90 Å². The molecule has 2 amide bonds. The normalized spacial score (nSPS) is 11.0. The van der Waals surface area contributed by atoms with E-state index in [2.05, 4.69) is 10.0 Å². The number of hydrogen-bond donors (Lipinski definition) is 2. The fourth-order valence-electron chi connectivity index (χ4n) is 3.56. The van der Waals surface area contributed by atoms with Gasteiger partial charge in [-0.25, -0.2) is 17.9 Å². The van der Waals surface area contributed by atoms with Crippen molar-refractivity contribution in [3.05, 3.63) is 115 Å². The minimum absolute atomic E-state index is 0.0285. The zero-order valence-corrected chi connectivity index (χ0v) is 20.6. The Morgan fingerprint density at radius 3 is 2.11 bits per heavy atom. The Kier molecular flexibility index (Phi) is 7.99. The number of anilines is 2. The Bertz CT molecular complexity index is 1390. The van der Waals surface area contributed by atoms with E-state index in [9.17, 15) is 13.2 Å². The molecule has 0 saturated carbocycles. The Balaban J connectivity index is 1.50. The zero-order chi connectivity index (χ0) is 25.4. The lowest BCUT2D eigenvalue weighted by atomic mass is 10.2. The second-order valence-electron chi connectivity index (χ2n) is 8.07. The van der Waals surface area contributed by atoms with Gasteiger partial charge in [-0.05, 0) is 73.2 Å². The summed E-state index contributed by atoms with van der Waals surface area (Å²) < 4.78 is 33.7. The predicted molar refractivity (Wildman–Crippen MR) is 142 cm³/mol. The van der Waals surface area contributed by atoms with Gasteiger partial charge in [0.15, 0.2) is 0 Å². The van der Waals surface area contributed by atoms with E-state index in [0.717, 1.165) is 5.56 Å². The van der Waals surface area contributed by atoms with Crippen LogP contribution >= 0.6 is 0 Å². The molecule has 0 atom stereocenters.